The Labute approximate surface area is 197 Å². The van der Waals surface area contributed by atoms with Gasteiger partial charge >= 0.3 is 0 Å². The summed E-state index contributed by atoms with van der Waals surface area (Å²) in [5, 5.41) is 12.5. The Bertz CT molecular complexity index is 957. The number of benzene rings is 1. The number of amides is 2. The molecule has 0 radical (unpaired) electrons. The van der Waals surface area contributed by atoms with Gasteiger partial charge in [-0.3, -0.25) is 15.0 Å². The topological polar surface area (TPSA) is 101 Å². The second kappa shape index (κ2) is 11.3. The first-order valence-electron chi connectivity index (χ1n) is 11.3. The van der Waals surface area contributed by atoms with Gasteiger partial charge in [-0.2, -0.15) is 0 Å². The van der Waals surface area contributed by atoms with Crippen LogP contribution in [0.25, 0.3) is 0 Å². The van der Waals surface area contributed by atoms with Crippen LogP contribution in [0.2, 0.25) is 0 Å². The summed E-state index contributed by atoms with van der Waals surface area (Å²) in [7, 11) is 0. The van der Waals surface area contributed by atoms with Crippen LogP contribution in [0, 0.1) is 5.92 Å². The average molecular weight is 471 g/mol. The molecule has 2 N–H and O–H groups in total. The first kappa shape index (κ1) is 23.3. The smallest absolute Gasteiger partial charge is 0.253 e. The van der Waals surface area contributed by atoms with E-state index in [1.54, 1.807) is 42.2 Å². The molecule has 2 aromatic rings. The van der Waals surface area contributed by atoms with Gasteiger partial charge in [-0.05, 0) is 61.9 Å². The monoisotopic (exact) mass is 470 g/mol. The fourth-order valence-corrected chi connectivity index (χ4v) is 4.99. The van der Waals surface area contributed by atoms with Gasteiger partial charge in [0, 0.05) is 43.3 Å². The summed E-state index contributed by atoms with van der Waals surface area (Å²) in [5.74, 6) is 1.40. The summed E-state index contributed by atoms with van der Waals surface area (Å²) in [4.78, 5) is 27.8. The maximum atomic E-state index is 13.0. The number of piperidine rings is 1. The zero-order valence-corrected chi connectivity index (χ0v) is 19.4. The molecular formula is C23H30N6O3S. The van der Waals surface area contributed by atoms with Crippen LogP contribution in [0.3, 0.4) is 0 Å². The number of nitrogens with one attached hydrogen (secondary N) is 2. The highest BCUT2D eigenvalue weighted by Gasteiger charge is 2.25. The van der Waals surface area contributed by atoms with Crippen molar-refractivity contribution >= 4 is 29.3 Å². The highest BCUT2D eigenvalue weighted by molar-refractivity contribution is 7.99. The lowest BCUT2D eigenvalue weighted by molar-refractivity contribution is -0.111. The number of carbonyl (C=O) groups excluding carboxylic acids is 2. The number of hydrogen-bond donors (Lipinski definition) is 2. The Morgan fingerprint density at radius 2 is 2.00 bits per heavy atom. The van der Waals surface area contributed by atoms with Crippen molar-refractivity contribution in [2.45, 2.75) is 36.8 Å². The van der Waals surface area contributed by atoms with Crippen molar-refractivity contribution in [3.05, 3.63) is 48.7 Å². The normalized spacial score (nSPS) is 19.2. The summed E-state index contributed by atoms with van der Waals surface area (Å²) in [6.07, 6.45) is 7.07. The Morgan fingerprint density at radius 3 is 2.76 bits per heavy atom. The van der Waals surface area contributed by atoms with E-state index in [1.807, 2.05) is 4.90 Å². The van der Waals surface area contributed by atoms with Gasteiger partial charge in [0.25, 0.3) is 5.91 Å². The van der Waals surface area contributed by atoms with Crippen LogP contribution in [0.5, 0.6) is 0 Å². The molecule has 1 aromatic carbocycles. The predicted octanol–water partition coefficient (Wildman–Crippen LogP) is 2.77. The molecule has 2 aliphatic heterocycles. The Kier molecular flexibility index (Phi) is 8.01. The van der Waals surface area contributed by atoms with E-state index in [-0.39, 0.29) is 17.9 Å². The van der Waals surface area contributed by atoms with E-state index in [4.69, 9.17) is 4.74 Å². The molecule has 4 rings (SSSR count). The molecule has 0 bridgehead atoms. The van der Waals surface area contributed by atoms with Crippen molar-refractivity contribution < 1.29 is 14.3 Å². The van der Waals surface area contributed by atoms with Crippen molar-refractivity contribution in [2.24, 2.45) is 5.92 Å². The summed E-state index contributed by atoms with van der Waals surface area (Å²) in [6, 6.07) is 6.99. The first-order valence-corrected chi connectivity index (χ1v) is 12.3. The van der Waals surface area contributed by atoms with Gasteiger partial charge < -0.3 is 15.0 Å². The lowest BCUT2D eigenvalue weighted by Crippen LogP contribution is -2.47. The maximum absolute atomic E-state index is 13.0. The molecule has 2 saturated heterocycles. The van der Waals surface area contributed by atoms with Gasteiger partial charge in [0.15, 0.2) is 0 Å². The maximum Gasteiger partial charge on any atom is 0.253 e. The van der Waals surface area contributed by atoms with E-state index in [9.17, 15) is 9.59 Å². The number of rotatable bonds is 8. The molecule has 1 unspecified atom stereocenters. The molecule has 2 fully saturated rings. The lowest BCUT2D eigenvalue weighted by Gasteiger charge is -2.33. The van der Waals surface area contributed by atoms with Crippen molar-refractivity contribution in [3.63, 3.8) is 0 Å². The largest absolute Gasteiger partial charge is 0.381 e. The standard InChI is InChI=1S/C23H30N6O3S/c1-2-21(30)25-19-7-5-18(6-8-19)23(31)28-11-3-4-20(15-28)26-29-24-14-22(27-29)33-16-17-9-12-32-13-10-17/h2,5-8,14,17,20,26H,1,3-4,9-13,15-16H2,(H,25,30). The predicted molar refractivity (Wildman–Crippen MR) is 128 cm³/mol. The molecular weight excluding hydrogens is 440 g/mol. The van der Waals surface area contributed by atoms with Crippen LogP contribution in [0.1, 0.15) is 36.0 Å². The number of hydrogen-bond acceptors (Lipinski definition) is 7. The number of nitrogens with zero attached hydrogens (tertiary/aromatic N) is 4. The molecule has 176 valence electrons. The molecule has 9 nitrogen and oxygen atoms in total. The van der Waals surface area contributed by atoms with Crippen LogP contribution < -0.4 is 10.7 Å². The highest BCUT2D eigenvalue weighted by atomic mass is 32.2. The minimum atomic E-state index is -0.281. The number of aromatic nitrogens is 3. The number of likely N-dealkylation sites (tertiary alicyclic amines) is 1. The van der Waals surface area contributed by atoms with Crippen molar-refractivity contribution in [2.75, 3.05) is 42.8 Å². The number of anilines is 1. The molecule has 1 atom stereocenters. The third-order valence-corrected chi connectivity index (χ3v) is 6.99. The summed E-state index contributed by atoms with van der Waals surface area (Å²) in [5.41, 5.74) is 4.55. The van der Waals surface area contributed by atoms with E-state index < -0.39 is 0 Å². The minimum absolute atomic E-state index is 0.0239. The van der Waals surface area contributed by atoms with Crippen LogP contribution in [-0.2, 0) is 9.53 Å². The second-order valence-corrected chi connectivity index (χ2v) is 9.37. The fourth-order valence-electron chi connectivity index (χ4n) is 4.00. The number of carbonyl (C=O) groups is 2. The number of thioether (sulfide) groups is 1. The average Bonchev–Trinajstić information content (AvgIpc) is 3.30. The fraction of sp³-hybridized carbons (Fsp3) is 0.478. The molecule has 3 heterocycles. The Morgan fingerprint density at radius 1 is 1.21 bits per heavy atom. The van der Waals surface area contributed by atoms with Crippen LogP contribution in [-0.4, -0.2) is 69.9 Å². The summed E-state index contributed by atoms with van der Waals surface area (Å²) in [6.45, 7) is 6.44. The zero-order chi connectivity index (χ0) is 23.0. The molecule has 0 spiro atoms. The van der Waals surface area contributed by atoms with Crippen molar-refractivity contribution in [1.29, 1.82) is 0 Å². The molecule has 2 aliphatic rings. The molecule has 33 heavy (non-hydrogen) atoms. The third-order valence-electron chi connectivity index (χ3n) is 5.87. The summed E-state index contributed by atoms with van der Waals surface area (Å²) < 4.78 is 5.42. The van der Waals surface area contributed by atoms with Crippen molar-refractivity contribution in [1.82, 2.24) is 20.0 Å². The highest BCUT2D eigenvalue weighted by Crippen LogP contribution is 2.24. The van der Waals surface area contributed by atoms with Gasteiger partial charge in [0.05, 0.1) is 12.2 Å². The van der Waals surface area contributed by atoms with Gasteiger partial charge in [-0.15, -0.1) is 22.0 Å². The van der Waals surface area contributed by atoms with Gasteiger partial charge in [-0.1, -0.05) is 11.5 Å². The van der Waals surface area contributed by atoms with Crippen LogP contribution in [0.15, 0.2) is 48.1 Å². The van der Waals surface area contributed by atoms with E-state index in [0.29, 0.717) is 30.3 Å². The SMILES string of the molecule is C=CC(=O)Nc1ccc(C(=O)N2CCCC(Nn3ncc(SCC4CCOCC4)n3)C2)cc1. The van der Waals surface area contributed by atoms with E-state index in [2.05, 4.69) is 27.5 Å². The van der Waals surface area contributed by atoms with Crippen molar-refractivity contribution in [3.8, 4) is 0 Å². The molecule has 10 heteroatoms. The van der Waals surface area contributed by atoms with Crippen LogP contribution >= 0.6 is 11.8 Å². The summed E-state index contributed by atoms with van der Waals surface area (Å²) >= 11 is 1.73. The van der Waals surface area contributed by atoms with E-state index >= 15 is 0 Å². The van der Waals surface area contributed by atoms with Gasteiger partial charge in [-0.25, -0.2) is 0 Å². The van der Waals surface area contributed by atoms with E-state index in [0.717, 1.165) is 49.7 Å². The number of ether oxygens (including phenoxy) is 1. The molecule has 2 amide bonds. The molecule has 1 aromatic heterocycles. The quantitative estimate of drug-likeness (QED) is 0.452. The first-order chi connectivity index (χ1) is 16.1. The minimum Gasteiger partial charge on any atom is -0.381 e. The molecule has 0 aliphatic carbocycles. The third kappa shape index (κ3) is 6.58. The van der Waals surface area contributed by atoms with E-state index in [1.165, 1.54) is 11.0 Å². The Hall–Kier alpha value is -2.85. The molecule has 0 saturated carbocycles. The second-order valence-electron chi connectivity index (χ2n) is 8.33. The Balaban J connectivity index is 1.27. The zero-order valence-electron chi connectivity index (χ0n) is 18.6. The lowest BCUT2D eigenvalue weighted by atomic mass is 10.0. The van der Waals surface area contributed by atoms with Crippen LogP contribution in [0.4, 0.5) is 5.69 Å². The van der Waals surface area contributed by atoms with Gasteiger partial charge in [0.2, 0.25) is 5.91 Å². The van der Waals surface area contributed by atoms with Gasteiger partial charge in [0.1, 0.15) is 5.03 Å².